The largest absolute Gasteiger partial charge is 0.481 e. The van der Waals surface area contributed by atoms with Crippen molar-refractivity contribution < 1.29 is 19.1 Å². The maximum Gasteiger partial charge on any atom is 0.303 e. The Morgan fingerprint density at radius 2 is 2.00 bits per heavy atom. The van der Waals surface area contributed by atoms with Gasteiger partial charge in [-0.05, 0) is 42.9 Å². The summed E-state index contributed by atoms with van der Waals surface area (Å²) < 4.78 is 13.7. The van der Waals surface area contributed by atoms with Gasteiger partial charge in [0, 0.05) is 13.0 Å². The molecule has 0 aliphatic rings. The molecular weight excluding hydrogens is 273 g/mol. The lowest BCUT2D eigenvalue weighted by Crippen LogP contribution is -2.31. The molecule has 116 valence electrons. The quantitative estimate of drug-likeness (QED) is 0.812. The van der Waals surface area contributed by atoms with E-state index in [-0.39, 0.29) is 24.4 Å². The number of nitrogens with one attached hydrogen (secondary N) is 1. The first-order valence-electron chi connectivity index (χ1n) is 7.05. The van der Waals surface area contributed by atoms with E-state index >= 15 is 0 Å². The summed E-state index contributed by atoms with van der Waals surface area (Å²) in [5, 5.41) is 11.5. The molecule has 0 aliphatic heterocycles. The normalized spacial score (nSPS) is 12.2. The molecule has 1 rings (SSSR count). The van der Waals surface area contributed by atoms with Crippen LogP contribution in [0, 0.1) is 24.6 Å². The lowest BCUT2D eigenvalue weighted by molar-refractivity contribution is -0.138. The van der Waals surface area contributed by atoms with Crippen LogP contribution in [-0.2, 0) is 4.79 Å². The standard InChI is InChI=1S/C16H22FNO3/c1-10(2)6-12(8-15(19)20)9-18-16(21)13-5-4-11(3)7-14(13)17/h4-5,7,10,12H,6,8-9H2,1-3H3,(H,18,21)(H,19,20)/t12-/m0/s1. The van der Waals surface area contributed by atoms with Gasteiger partial charge in [-0.25, -0.2) is 4.39 Å². The molecule has 0 heterocycles. The highest BCUT2D eigenvalue weighted by molar-refractivity contribution is 5.94. The second kappa shape index (κ2) is 7.76. The minimum Gasteiger partial charge on any atom is -0.481 e. The number of aryl methyl sites for hydroxylation is 1. The molecule has 0 aromatic heterocycles. The van der Waals surface area contributed by atoms with Crippen LogP contribution >= 0.6 is 0 Å². The maximum atomic E-state index is 13.7. The molecule has 4 nitrogen and oxygen atoms in total. The number of benzene rings is 1. The van der Waals surface area contributed by atoms with E-state index in [9.17, 15) is 14.0 Å². The topological polar surface area (TPSA) is 66.4 Å². The third kappa shape index (κ3) is 5.94. The summed E-state index contributed by atoms with van der Waals surface area (Å²) in [7, 11) is 0. The van der Waals surface area contributed by atoms with Gasteiger partial charge in [-0.3, -0.25) is 9.59 Å². The van der Waals surface area contributed by atoms with Crippen molar-refractivity contribution in [3.63, 3.8) is 0 Å². The molecule has 0 bridgehead atoms. The van der Waals surface area contributed by atoms with Gasteiger partial charge in [0.05, 0.1) is 5.56 Å². The van der Waals surface area contributed by atoms with Crippen molar-refractivity contribution in [2.24, 2.45) is 11.8 Å². The minimum atomic E-state index is -0.892. The number of hydrogen-bond acceptors (Lipinski definition) is 2. The van der Waals surface area contributed by atoms with Crippen LogP contribution in [0.15, 0.2) is 18.2 Å². The Morgan fingerprint density at radius 1 is 1.33 bits per heavy atom. The summed E-state index contributed by atoms with van der Waals surface area (Å²) in [5.74, 6) is -1.78. The van der Waals surface area contributed by atoms with Crippen LogP contribution in [0.5, 0.6) is 0 Å². The van der Waals surface area contributed by atoms with Crippen molar-refractivity contribution in [3.05, 3.63) is 35.1 Å². The predicted octanol–water partition coefficient (Wildman–Crippen LogP) is 3.00. The molecule has 2 N–H and O–H groups in total. The average Bonchev–Trinajstić information content (AvgIpc) is 2.34. The van der Waals surface area contributed by atoms with E-state index in [1.54, 1.807) is 13.0 Å². The Hall–Kier alpha value is -1.91. The Kier molecular flexibility index (Phi) is 6.34. The van der Waals surface area contributed by atoms with E-state index in [0.717, 1.165) is 5.56 Å². The third-order valence-electron chi connectivity index (χ3n) is 3.19. The third-order valence-corrected chi connectivity index (χ3v) is 3.19. The first kappa shape index (κ1) is 17.1. The molecule has 1 amide bonds. The molecule has 1 aromatic carbocycles. The van der Waals surface area contributed by atoms with Gasteiger partial charge in [0.15, 0.2) is 0 Å². The van der Waals surface area contributed by atoms with Crippen molar-refractivity contribution in [2.45, 2.75) is 33.6 Å². The SMILES string of the molecule is Cc1ccc(C(=O)NC[C@H](CC(=O)O)CC(C)C)c(F)c1. The van der Waals surface area contributed by atoms with Crippen molar-refractivity contribution >= 4 is 11.9 Å². The highest BCUT2D eigenvalue weighted by atomic mass is 19.1. The number of aliphatic carboxylic acids is 1. The molecule has 5 heteroatoms. The second-order valence-corrected chi connectivity index (χ2v) is 5.79. The Morgan fingerprint density at radius 3 is 2.52 bits per heavy atom. The van der Waals surface area contributed by atoms with Gasteiger partial charge < -0.3 is 10.4 Å². The zero-order chi connectivity index (χ0) is 16.0. The number of carbonyl (C=O) groups is 2. The highest BCUT2D eigenvalue weighted by Gasteiger charge is 2.18. The van der Waals surface area contributed by atoms with E-state index in [0.29, 0.717) is 12.3 Å². The van der Waals surface area contributed by atoms with Crippen LogP contribution in [-0.4, -0.2) is 23.5 Å². The van der Waals surface area contributed by atoms with Gasteiger partial charge in [0.25, 0.3) is 5.91 Å². The van der Waals surface area contributed by atoms with E-state index in [2.05, 4.69) is 5.32 Å². The second-order valence-electron chi connectivity index (χ2n) is 5.79. The number of halogens is 1. The van der Waals surface area contributed by atoms with Gasteiger partial charge >= 0.3 is 5.97 Å². The Labute approximate surface area is 124 Å². The average molecular weight is 295 g/mol. The van der Waals surface area contributed by atoms with E-state index < -0.39 is 17.7 Å². The lowest BCUT2D eigenvalue weighted by atomic mass is 9.94. The first-order chi connectivity index (χ1) is 9.79. The van der Waals surface area contributed by atoms with E-state index in [4.69, 9.17) is 5.11 Å². The van der Waals surface area contributed by atoms with Crippen molar-refractivity contribution in [2.75, 3.05) is 6.54 Å². The fourth-order valence-electron chi connectivity index (χ4n) is 2.29. The van der Waals surface area contributed by atoms with Crippen molar-refractivity contribution in [1.29, 1.82) is 0 Å². The zero-order valence-corrected chi connectivity index (χ0v) is 12.6. The maximum absolute atomic E-state index is 13.7. The summed E-state index contributed by atoms with van der Waals surface area (Å²) in [6.45, 7) is 5.97. The van der Waals surface area contributed by atoms with Gasteiger partial charge in [-0.2, -0.15) is 0 Å². The molecule has 0 radical (unpaired) electrons. The molecule has 1 atom stereocenters. The van der Waals surface area contributed by atoms with Gasteiger partial charge in [0.2, 0.25) is 0 Å². The lowest BCUT2D eigenvalue weighted by Gasteiger charge is -2.18. The Bertz CT molecular complexity index is 514. The number of carbonyl (C=O) groups excluding carboxylic acids is 1. The molecule has 0 saturated heterocycles. The molecule has 0 spiro atoms. The van der Waals surface area contributed by atoms with Gasteiger partial charge in [-0.15, -0.1) is 0 Å². The smallest absolute Gasteiger partial charge is 0.303 e. The van der Waals surface area contributed by atoms with Crippen LogP contribution in [0.3, 0.4) is 0 Å². The fraction of sp³-hybridized carbons (Fsp3) is 0.500. The van der Waals surface area contributed by atoms with Crippen LogP contribution < -0.4 is 5.32 Å². The fourth-order valence-corrected chi connectivity index (χ4v) is 2.29. The molecule has 21 heavy (non-hydrogen) atoms. The van der Waals surface area contributed by atoms with Crippen LogP contribution in [0.4, 0.5) is 4.39 Å². The van der Waals surface area contributed by atoms with Crippen LogP contribution in [0.2, 0.25) is 0 Å². The van der Waals surface area contributed by atoms with Gasteiger partial charge in [-0.1, -0.05) is 19.9 Å². The predicted molar refractivity (Wildman–Crippen MR) is 78.7 cm³/mol. The molecule has 0 saturated carbocycles. The van der Waals surface area contributed by atoms with Gasteiger partial charge in [0.1, 0.15) is 5.82 Å². The van der Waals surface area contributed by atoms with Crippen LogP contribution in [0.1, 0.15) is 42.6 Å². The number of rotatable bonds is 7. The number of amides is 1. The summed E-state index contributed by atoms with van der Waals surface area (Å²) >= 11 is 0. The minimum absolute atomic E-state index is 0.00512. The summed E-state index contributed by atoms with van der Waals surface area (Å²) in [6.07, 6.45) is 0.692. The van der Waals surface area contributed by atoms with E-state index in [1.807, 2.05) is 13.8 Å². The highest BCUT2D eigenvalue weighted by Crippen LogP contribution is 2.15. The number of carboxylic acid groups (broad SMARTS) is 1. The summed E-state index contributed by atoms with van der Waals surface area (Å²) in [4.78, 5) is 22.8. The summed E-state index contributed by atoms with van der Waals surface area (Å²) in [6, 6.07) is 4.41. The number of hydrogen-bond donors (Lipinski definition) is 2. The molecule has 0 fully saturated rings. The summed E-state index contributed by atoms with van der Waals surface area (Å²) in [5.41, 5.74) is 0.729. The number of carboxylic acids is 1. The molecule has 1 aromatic rings. The van der Waals surface area contributed by atoms with Crippen LogP contribution in [0.25, 0.3) is 0 Å². The van der Waals surface area contributed by atoms with Crippen molar-refractivity contribution in [1.82, 2.24) is 5.32 Å². The molecule has 0 unspecified atom stereocenters. The Balaban J connectivity index is 2.65. The molecular formula is C16H22FNO3. The first-order valence-corrected chi connectivity index (χ1v) is 7.05. The van der Waals surface area contributed by atoms with E-state index in [1.165, 1.54) is 12.1 Å². The zero-order valence-electron chi connectivity index (χ0n) is 12.6. The monoisotopic (exact) mass is 295 g/mol. The molecule has 0 aliphatic carbocycles. The van der Waals surface area contributed by atoms with Crippen molar-refractivity contribution in [3.8, 4) is 0 Å².